The SMILES string of the molecule is CCC(C)(N)C(=O)N1CCCC(O)C1. The summed E-state index contributed by atoms with van der Waals surface area (Å²) in [7, 11) is 0. The molecule has 4 heteroatoms. The van der Waals surface area contributed by atoms with Crippen LogP contribution in [-0.4, -0.2) is 40.6 Å². The Morgan fingerprint density at radius 1 is 1.71 bits per heavy atom. The molecule has 2 unspecified atom stereocenters. The molecular formula is C10H20N2O2. The molecule has 0 aliphatic carbocycles. The number of rotatable bonds is 2. The lowest BCUT2D eigenvalue weighted by Crippen LogP contribution is -2.55. The minimum Gasteiger partial charge on any atom is -0.391 e. The van der Waals surface area contributed by atoms with E-state index in [4.69, 9.17) is 5.73 Å². The van der Waals surface area contributed by atoms with Gasteiger partial charge in [-0.15, -0.1) is 0 Å². The van der Waals surface area contributed by atoms with Crippen molar-refractivity contribution in [1.82, 2.24) is 4.90 Å². The molecule has 1 heterocycles. The van der Waals surface area contributed by atoms with Crippen molar-refractivity contribution in [3.63, 3.8) is 0 Å². The Labute approximate surface area is 85.1 Å². The number of hydrogen-bond donors (Lipinski definition) is 2. The van der Waals surface area contributed by atoms with Crippen LogP contribution < -0.4 is 5.73 Å². The van der Waals surface area contributed by atoms with Crippen molar-refractivity contribution in [2.45, 2.75) is 44.8 Å². The molecule has 1 rings (SSSR count). The predicted octanol–water partition coefficient (Wildman–Crippen LogP) is 0.0971. The van der Waals surface area contributed by atoms with Crippen LogP contribution in [0.3, 0.4) is 0 Å². The molecule has 3 N–H and O–H groups in total. The van der Waals surface area contributed by atoms with Crippen molar-refractivity contribution in [2.24, 2.45) is 5.73 Å². The van der Waals surface area contributed by atoms with Gasteiger partial charge in [0.25, 0.3) is 0 Å². The lowest BCUT2D eigenvalue weighted by molar-refractivity contribution is -0.139. The summed E-state index contributed by atoms with van der Waals surface area (Å²) in [5, 5.41) is 9.43. The molecule has 82 valence electrons. The summed E-state index contributed by atoms with van der Waals surface area (Å²) < 4.78 is 0. The van der Waals surface area contributed by atoms with Crippen molar-refractivity contribution in [3.8, 4) is 0 Å². The number of amides is 1. The number of β-amino-alcohol motifs (C(OH)–C–C–N with tert-alkyl or cyclic N) is 1. The van der Waals surface area contributed by atoms with Gasteiger partial charge in [0.2, 0.25) is 5.91 Å². The zero-order valence-corrected chi connectivity index (χ0v) is 8.99. The van der Waals surface area contributed by atoms with Crippen LogP contribution in [0.4, 0.5) is 0 Å². The average Bonchev–Trinajstić information content (AvgIpc) is 2.16. The first-order valence-electron chi connectivity index (χ1n) is 5.23. The highest BCUT2D eigenvalue weighted by atomic mass is 16.3. The first-order chi connectivity index (χ1) is 6.47. The van der Waals surface area contributed by atoms with E-state index in [-0.39, 0.29) is 12.0 Å². The van der Waals surface area contributed by atoms with E-state index in [0.717, 1.165) is 19.4 Å². The molecule has 4 nitrogen and oxygen atoms in total. The Bertz CT molecular complexity index is 216. The molecule has 0 bridgehead atoms. The van der Waals surface area contributed by atoms with Gasteiger partial charge in [-0.05, 0) is 26.2 Å². The van der Waals surface area contributed by atoms with Crippen LogP contribution in [0.1, 0.15) is 33.1 Å². The lowest BCUT2D eigenvalue weighted by atomic mass is 9.96. The van der Waals surface area contributed by atoms with Crippen LogP contribution >= 0.6 is 0 Å². The molecule has 0 radical (unpaired) electrons. The Kier molecular flexibility index (Phi) is 3.50. The summed E-state index contributed by atoms with van der Waals surface area (Å²) in [5.41, 5.74) is 5.08. The number of carbonyl (C=O) groups is 1. The molecule has 1 aliphatic rings. The number of aliphatic hydroxyl groups excluding tert-OH is 1. The fourth-order valence-corrected chi connectivity index (χ4v) is 1.65. The molecule has 0 spiro atoms. The van der Waals surface area contributed by atoms with Crippen LogP contribution in [0, 0.1) is 0 Å². The fraction of sp³-hybridized carbons (Fsp3) is 0.900. The van der Waals surface area contributed by atoms with Gasteiger partial charge in [-0.25, -0.2) is 0 Å². The van der Waals surface area contributed by atoms with E-state index in [1.54, 1.807) is 11.8 Å². The Balaban J connectivity index is 2.60. The maximum Gasteiger partial charge on any atom is 0.242 e. The maximum absolute atomic E-state index is 11.9. The first kappa shape index (κ1) is 11.5. The van der Waals surface area contributed by atoms with Crippen LogP contribution in [0.2, 0.25) is 0 Å². The highest BCUT2D eigenvalue weighted by Gasteiger charge is 2.33. The highest BCUT2D eigenvalue weighted by molar-refractivity contribution is 5.85. The van der Waals surface area contributed by atoms with Crippen LogP contribution in [0.15, 0.2) is 0 Å². The molecule has 1 aliphatic heterocycles. The van der Waals surface area contributed by atoms with E-state index in [1.165, 1.54) is 0 Å². The van der Waals surface area contributed by atoms with E-state index in [0.29, 0.717) is 13.0 Å². The number of nitrogens with two attached hydrogens (primary N) is 1. The third kappa shape index (κ3) is 2.45. The number of likely N-dealkylation sites (tertiary alicyclic amines) is 1. The van der Waals surface area contributed by atoms with Crippen molar-refractivity contribution >= 4 is 5.91 Å². The van der Waals surface area contributed by atoms with Crippen molar-refractivity contribution in [3.05, 3.63) is 0 Å². The first-order valence-corrected chi connectivity index (χ1v) is 5.23. The summed E-state index contributed by atoms with van der Waals surface area (Å²) in [5.74, 6) is -0.0428. The number of piperidine rings is 1. The van der Waals surface area contributed by atoms with Gasteiger partial charge in [-0.3, -0.25) is 4.79 Å². The van der Waals surface area contributed by atoms with Gasteiger partial charge in [0.1, 0.15) is 0 Å². The average molecular weight is 200 g/mol. The second-order valence-electron chi connectivity index (χ2n) is 4.32. The number of nitrogens with zero attached hydrogens (tertiary/aromatic N) is 1. The van der Waals surface area contributed by atoms with Gasteiger partial charge >= 0.3 is 0 Å². The Morgan fingerprint density at radius 2 is 2.36 bits per heavy atom. The predicted molar refractivity (Wildman–Crippen MR) is 54.7 cm³/mol. The molecular weight excluding hydrogens is 180 g/mol. The summed E-state index contributed by atoms with van der Waals surface area (Å²) >= 11 is 0. The fourth-order valence-electron chi connectivity index (χ4n) is 1.65. The molecule has 2 atom stereocenters. The van der Waals surface area contributed by atoms with E-state index >= 15 is 0 Å². The Morgan fingerprint density at radius 3 is 2.86 bits per heavy atom. The highest BCUT2D eigenvalue weighted by Crippen LogP contribution is 2.15. The topological polar surface area (TPSA) is 66.6 Å². The van der Waals surface area contributed by atoms with Crippen LogP contribution in [0.25, 0.3) is 0 Å². The van der Waals surface area contributed by atoms with Gasteiger partial charge in [-0.2, -0.15) is 0 Å². The zero-order chi connectivity index (χ0) is 10.8. The van der Waals surface area contributed by atoms with Gasteiger partial charge < -0.3 is 15.7 Å². The minimum absolute atomic E-state index is 0.0428. The molecule has 14 heavy (non-hydrogen) atoms. The third-order valence-electron chi connectivity index (χ3n) is 2.91. The van der Waals surface area contributed by atoms with Gasteiger partial charge in [-0.1, -0.05) is 6.92 Å². The van der Waals surface area contributed by atoms with Gasteiger partial charge in [0.05, 0.1) is 11.6 Å². The molecule has 0 aromatic rings. The summed E-state index contributed by atoms with van der Waals surface area (Å²) in [6, 6.07) is 0. The Hall–Kier alpha value is -0.610. The van der Waals surface area contributed by atoms with Gasteiger partial charge in [0, 0.05) is 13.1 Å². The van der Waals surface area contributed by atoms with Crippen LogP contribution in [-0.2, 0) is 4.79 Å². The van der Waals surface area contributed by atoms with E-state index in [9.17, 15) is 9.90 Å². The number of aliphatic hydroxyl groups is 1. The van der Waals surface area contributed by atoms with E-state index < -0.39 is 5.54 Å². The lowest BCUT2D eigenvalue weighted by Gasteiger charge is -2.35. The summed E-state index contributed by atoms with van der Waals surface area (Å²) in [4.78, 5) is 13.6. The quantitative estimate of drug-likeness (QED) is 0.664. The minimum atomic E-state index is -0.781. The molecule has 0 saturated carbocycles. The number of hydrogen-bond acceptors (Lipinski definition) is 3. The normalized spacial score (nSPS) is 27.1. The molecule has 1 amide bonds. The van der Waals surface area contributed by atoms with E-state index in [1.807, 2.05) is 6.92 Å². The molecule has 0 aromatic carbocycles. The second-order valence-corrected chi connectivity index (χ2v) is 4.32. The molecule has 0 aromatic heterocycles. The number of carbonyl (C=O) groups excluding carboxylic acids is 1. The molecule has 1 saturated heterocycles. The van der Waals surface area contributed by atoms with Crippen molar-refractivity contribution in [1.29, 1.82) is 0 Å². The van der Waals surface area contributed by atoms with Crippen LogP contribution in [0.5, 0.6) is 0 Å². The van der Waals surface area contributed by atoms with Crippen molar-refractivity contribution < 1.29 is 9.90 Å². The standard InChI is InChI=1S/C10H20N2O2/c1-3-10(2,11)9(14)12-6-4-5-8(13)7-12/h8,13H,3-7,11H2,1-2H3. The van der Waals surface area contributed by atoms with E-state index in [2.05, 4.69) is 0 Å². The summed E-state index contributed by atoms with van der Waals surface area (Å²) in [6.07, 6.45) is 1.91. The van der Waals surface area contributed by atoms with Gasteiger partial charge in [0.15, 0.2) is 0 Å². The third-order valence-corrected chi connectivity index (χ3v) is 2.91. The maximum atomic E-state index is 11.9. The zero-order valence-electron chi connectivity index (χ0n) is 8.99. The largest absolute Gasteiger partial charge is 0.391 e. The van der Waals surface area contributed by atoms with Crippen molar-refractivity contribution in [2.75, 3.05) is 13.1 Å². The second kappa shape index (κ2) is 4.28. The monoisotopic (exact) mass is 200 g/mol. The smallest absolute Gasteiger partial charge is 0.242 e. The summed E-state index contributed by atoms with van der Waals surface area (Å²) in [6.45, 7) is 4.81. The molecule has 1 fully saturated rings.